The highest BCUT2D eigenvalue weighted by atomic mass is 35.5. The highest BCUT2D eigenvalue weighted by Crippen LogP contribution is 2.36. The highest BCUT2D eigenvalue weighted by Gasteiger charge is 2.25. The quantitative estimate of drug-likeness (QED) is 0.549. The summed E-state index contributed by atoms with van der Waals surface area (Å²) in [5.74, 6) is 0.776. The molecule has 1 rings (SSSR count). The van der Waals surface area contributed by atoms with Gasteiger partial charge in [0.25, 0.3) is 0 Å². The molecule has 0 N–H and O–H groups in total. The summed E-state index contributed by atoms with van der Waals surface area (Å²) in [6.07, 6.45) is 6.41. The molecule has 102 valence electrons. The largest absolute Gasteiger partial charge is 0.0843 e. The first-order valence-corrected chi connectivity index (χ1v) is 7.62. The zero-order valence-electron chi connectivity index (χ0n) is 12.3. The van der Waals surface area contributed by atoms with Gasteiger partial charge in [-0.1, -0.05) is 70.7 Å². The van der Waals surface area contributed by atoms with Crippen molar-refractivity contribution in [3.63, 3.8) is 0 Å². The smallest absolute Gasteiger partial charge is 0.0406 e. The first-order valence-electron chi connectivity index (χ1n) is 7.24. The Hall–Kier alpha value is -0.490. The van der Waals surface area contributed by atoms with Gasteiger partial charge in [0, 0.05) is 5.02 Å². The van der Waals surface area contributed by atoms with E-state index in [1.165, 1.54) is 37.7 Å². The van der Waals surface area contributed by atoms with E-state index in [-0.39, 0.29) is 0 Å². The van der Waals surface area contributed by atoms with Crippen LogP contribution in [0.1, 0.15) is 65.4 Å². The lowest BCUT2D eigenvalue weighted by Gasteiger charge is -2.31. The van der Waals surface area contributed by atoms with Crippen molar-refractivity contribution >= 4 is 11.6 Å². The van der Waals surface area contributed by atoms with E-state index in [4.69, 9.17) is 11.6 Å². The molecule has 0 spiro atoms. The molecule has 0 amide bonds. The summed E-state index contributed by atoms with van der Waals surface area (Å²) in [6, 6.07) is 8.46. The van der Waals surface area contributed by atoms with E-state index in [1.807, 2.05) is 12.1 Å². The summed E-state index contributed by atoms with van der Waals surface area (Å²) in [4.78, 5) is 0. The van der Waals surface area contributed by atoms with Crippen LogP contribution in [0.5, 0.6) is 0 Å². The number of unbranched alkanes of at least 4 members (excludes halogenated alkanes) is 1. The molecule has 0 saturated carbocycles. The van der Waals surface area contributed by atoms with Crippen LogP contribution in [0.3, 0.4) is 0 Å². The highest BCUT2D eigenvalue weighted by molar-refractivity contribution is 6.30. The van der Waals surface area contributed by atoms with E-state index in [1.54, 1.807) is 0 Å². The van der Waals surface area contributed by atoms with Gasteiger partial charge in [-0.2, -0.15) is 0 Å². The van der Waals surface area contributed by atoms with E-state index < -0.39 is 0 Å². The maximum Gasteiger partial charge on any atom is 0.0406 e. The Morgan fingerprint density at radius 3 is 2.22 bits per heavy atom. The van der Waals surface area contributed by atoms with Crippen LogP contribution in [0, 0.1) is 5.92 Å². The molecule has 0 heterocycles. The normalized spacial score (nSPS) is 14.8. The summed E-state index contributed by atoms with van der Waals surface area (Å²) >= 11 is 5.99. The Morgan fingerprint density at radius 2 is 1.72 bits per heavy atom. The third-order valence-electron chi connectivity index (χ3n) is 3.90. The third-order valence-corrected chi connectivity index (χ3v) is 4.15. The first-order chi connectivity index (χ1) is 8.48. The SMILES string of the molecule is CCCCC(C)(CCC(C)C)c1ccc(Cl)cc1. The first kappa shape index (κ1) is 15.6. The molecule has 1 unspecified atom stereocenters. The number of hydrogen-bond donors (Lipinski definition) is 0. The summed E-state index contributed by atoms with van der Waals surface area (Å²) in [5.41, 5.74) is 1.76. The van der Waals surface area contributed by atoms with Gasteiger partial charge in [0.1, 0.15) is 0 Å². The number of hydrogen-bond acceptors (Lipinski definition) is 0. The van der Waals surface area contributed by atoms with E-state index in [0.717, 1.165) is 10.9 Å². The second kappa shape index (κ2) is 7.19. The Kier molecular flexibility index (Phi) is 6.21. The molecule has 0 bridgehead atoms. The lowest BCUT2D eigenvalue weighted by Crippen LogP contribution is -2.22. The minimum absolute atomic E-state index is 0.310. The van der Waals surface area contributed by atoms with Crippen molar-refractivity contribution in [2.45, 2.75) is 65.2 Å². The molecular formula is C17H27Cl. The Balaban J connectivity index is 2.84. The van der Waals surface area contributed by atoms with Crippen LogP contribution in [0.4, 0.5) is 0 Å². The van der Waals surface area contributed by atoms with Gasteiger partial charge in [0.15, 0.2) is 0 Å². The van der Waals surface area contributed by atoms with Crippen molar-refractivity contribution in [3.8, 4) is 0 Å². The third kappa shape index (κ3) is 4.65. The van der Waals surface area contributed by atoms with Crippen molar-refractivity contribution in [2.24, 2.45) is 5.92 Å². The molecule has 1 aromatic carbocycles. The van der Waals surface area contributed by atoms with Gasteiger partial charge >= 0.3 is 0 Å². The molecule has 0 aliphatic rings. The van der Waals surface area contributed by atoms with Crippen molar-refractivity contribution in [1.82, 2.24) is 0 Å². The fraction of sp³-hybridized carbons (Fsp3) is 0.647. The average Bonchev–Trinajstić information content (AvgIpc) is 2.35. The van der Waals surface area contributed by atoms with Crippen molar-refractivity contribution < 1.29 is 0 Å². The fourth-order valence-corrected chi connectivity index (χ4v) is 2.57. The minimum atomic E-state index is 0.310. The predicted molar refractivity (Wildman–Crippen MR) is 82.4 cm³/mol. The maximum absolute atomic E-state index is 5.99. The summed E-state index contributed by atoms with van der Waals surface area (Å²) in [5, 5.41) is 0.834. The van der Waals surface area contributed by atoms with Crippen LogP contribution < -0.4 is 0 Å². The topological polar surface area (TPSA) is 0 Å². The molecule has 0 fully saturated rings. The van der Waals surface area contributed by atoms with Gasteiger partial charge in [-0.25, -0.2) is 0 Å². The molecular weight excluding hydrogens is 240 g/mol. The van der Waals surface area contributed by atoms with Crippen molar-refractivity contribution in [2.75, 3.05) is 0 Å². The molecule has 0 nitrogen and oxygen atoms in total. The minimum Gasteiger partial charge on any atom is -0.0843 e. The Morgan fingerprint density at radius 1 is 1.11 bits per heavy atom. The molecule has 1 heteroatoms. The van der Waals surface area contributed by atoms with E-state index in [9.17, 15) is 0 Å². The van der Waals surface area contributed by atoms with Crippen molar-refractivity contribution in [1.29, 1.82) is 0 Å². The van der Waals surface area contributed by atoms with Crippen LogP contribution in [0.15, 0.2) is 24.3 Å². The lowest BCUT2D eigenvalue weighted by molar-refractivity contribution is 0.351. The van der Waals surface area contributed by atoms with Crippen LogP contribution >= 0.6 is 11.6 Å². The number of rotatable bonds is 7. The van der Waals surface area contributed by atoms with Crippen LogP contribution in [0.2, 0.25) is 5.02 Å². The molecule has 0 aliphatic heterocycles. The van der Waals surface area contributed by atoms with E-state index >= 15 is 0 Å². The molecule has 1 atom stereocenters. The second-order valence-electron chi connectivity index (χ2n) is 6.10. The summed E-state index contributed by atoms with van der Waals surface area (Å²) in [7, 11) is 0. The Bertz CT molecular complexity index is 339. The van der Waals surface area contributed by atoms with Gasteiger partial charge in [-0.15, -0.1) is 0 Å². The lowest BCUT2D eigenvalue weighted by atomic mass is 9.74. The summed E-state index contributed by atoms with van der Waals surface area (Å²) in [6.45, 7) is 9.29. The van der Waals surface area contributed by atoms with Gasteiger partial charge < -0.3 is 0 Å². The van der Waals surface area contributed by atoms with Gasteiger partial charge in [0.2, 0.25) is 0 Å². The predicted octanol–water partition coefficient (Wildman–Crippen LogP) is 6.22. The fourth-order valence-electron chi connectivity index (χ4n) is 2.44. The van der Waals surface area contributed by atoms with Gasteiger partial charge in [0.05, 0.1) is 0 Å². The van der Waals surface area contributed by atoms with Gasteiger partial charge in [-0.3, -0.25) is 0 Å². The van der Waals surface area contributed by atoms with Crippen LogP contribution in [0.25, 0.3) is 0 Å². The van der Waals surface area contributed by atoms with Crippen LogP contribution in [-0.4, -0.2) is 0 Å². The second-order valence-corrected chi connectivity index (χ2v) is 6.54. The molecule has 0 radical (unpaired) electrons. The van der Waals surface area contributed by atoms with E-state index in [2.05, 4.69) is 39.8 Å². The molecule has 0 saturated heterocycles. The number of halogens is 1. The van der Waals surface area contributed by atoms with Crippen LogP contribution in [-0.2, 0) is 5.41 Å². The summed E-state index contributed by atoms with van der Waals surface area (Å²) < 4.78 is 0. The Labute approximate surface area is 118 Å². The van der Waals surface area contributed by atoms with E-state index in [0.29, 0.717) is 5.41 Å². The number of benzene rings is 1. The van der Waals surface area contributed by atoms with Gasteiger partial charge in [-0.05, 0) is 41.9 Å². The molecule has 18 heavy (non-hydrogen) atoms. The molecule has 0 aliphatic carbocycles. The monoisotopic (exact) mass is 266 g/mol. The molecule has 1 aromatic rings. The molecule has 0 aromatic heterocycles. The standard InChI is InChI=1S/C17H27Cl/c1-5-6-12-17(4,13-11-14(2)3)15-7-9-16(18)10-8-15/h7-10,14H,5-6,11-13H2,1-4H3. The maximum atomic E-state index is 5.99. The van der Waals surface area contributed by atoms with Crippen molar-refractivity contribution in [3.05, 3.63) is 34.9 Å². The zero-order valence-corrected chi connectivity index (χ0v) is 13.1. The average molecular weight is 267 g/mol. The zero-order chi connectivity index (χ0) is 13.6.